The number of rotatable bonds is 6. The van der Waals surface area contributed by atoms with E-state index in [1.807, 2.05) is 24.3 Å². The van der Waals surface area contributed by atoms with E-state index >= 15 is 0 Å². The third-order valence-electron chi connectivity index (χ3n) is 1.90. The molecular weight excluding hydrogens is 240 g/mol. The van der Waals surface area contributed by atoms with Gasteiger partial charge in [-0.1, -0.05) is 35.7 Å². The topological polar surface area (TPSA) is 9.23 Å². The first-order chi connectivity index (χ1) is 6.83. The second-order valence-corrected chi connectivity index (χ2v) is 4.08. The van der Waals surface area contributed by atoms with Crippen molar-refractivity contribution in [2.45, 2.75) is 26.2 Å². The van der Waals surface area contributed by atoms with Crippen molar-refractivity contribution in [3.05, 3.63) is 35.2 Å². The molecule has 0 aliphatic rings. The van der Waals surface area contributed by atoms with Crippen LogP contribution in [0.1, 0.15) is 26.2 Å². The van der Waals surface area contributed by atoms with Gasteiger partial charge in [0.2, 0.25) is 0 Å². The highest BCUT2D eigenvalue weighted by atomic mass is 79.9. The van der Waals surface area contributed by atoms with E-state index in [1.165, 1.54) is 12.8 Å². The quantitative estimate of drug-likeness (QED) is 0.692. The van der Waals surface area contributed by atoms with Gasteiger partial charge in [0.15, 0.2) is 0 Å². The van der Waals surface area contributed by atoms with E-state index in [4.69, 9.17) is 4.74 Å². The molecule has 14 heavy (non-hydrogen) atoms. The molecule has 1 radical (unpaired) electrons. The Labute approximate surface area is 94.6 Å². The van der Waals surface area contributed by atoms with Gasteiger partial charge in [0.05, 0.1) is 6.61 Å². The molecule has 0 saturated heterocycles. The molecule has 2 heteroatoms. The van der Waals surface area contributed by atoms with Crippen molar-refractivity contribution in [2.24, 2.45) is 0 Å². The average Bonchev–Trinajstić information content (AvgIpc) is 2.21. The zero-order valence-corrected chi connectivity index (χ0v) is 10.1. The van der Waals surface area contributed by atoms with Crippen LogP contribution in [0.2, 0.25) is 0 Å². The lowest BCUT2D eigenvalue weighted by atomic mass is 10.2. The standard InChI is InChI=1S/C12H16BrO/c1-2-3-4-5-10-14-12-8-6-11(13)7-9-12/h4,6-9H,2-3,5,10H2,1H3. The average molecular weight is 256 g/mol. The molecule has 0 amide bonds. The highest BCUT2D eigenvalue weighted by molar-refractivity contribution is 9.10. The number of benzene rings is 1. The van der Waals surface area contributed by atoms with Gasteiger partial charge in [-0.05, 0) is 37.1 Å². The molecule has 1 aromatic rings. The van der Waals surface area contributed by atoms with Gasteiger partial charge in [-0.25, -0.2) is 0 Å². The van der Waals surface area contributed by atoms with Crippen LogP contribution < -0.4 is 4.74 Å². The van der Waals surface area contributed by atoms with Crippen LogP contribution in [0.4, 0.5) is 0 Å². The number of hydrogen-bond acceptors (Lipinski definition) is 1. The molecule has 0 saturated carbocycles. The minimum atomic E-state index is 0.779. The van der Waals surface area contributed by atoms with Crippen molar-refractivity contribution in [2.75, 3.05) is 6.61 Å². The Kier molecular flexibility index (Phi) is 5.69. The molecule has 0 N–H and O–H groups in total. The molecule has 0 bridgehead atoms. The summed E-state index contributed by atoms with van der Waals surface area (Å²) >= 11 is 3.39. The summed E-state index contributed by atoms with van der Waals surface area (Å²) in [6, 6.07) is 7.93. The Morgan fingerprint density at radius 3 is 2.57 bits per heavy atom. The third kappa shape index (κ3) is 4.66. The Hall–Kier alpha value is -0.500. The van der Waals surface area contributed by atoms with Crippen LogP contribution in [-0.4, -0.2) is 6.61 Å². The Morgan fingerprint density at radius 2 is 1.93 bits per heavy atom. The fraction of sp³-hybridized carbons (Fsp3) is 0.417. The van der Waals surface area contributed by atoms with E-state index in [0.717, 1.165) is 23.2 Å². The predicted octanol–water partition coefficient (Wildman–Crippen LogP) is 4.22. The maximum Gasteiger partial charge on any atom is 0.119 e. The number of halogens is 1. The van der Waals surface area contributed by atoms with Gasteiger partial charge in [-0.2, -0.15) is 0 Å². The predicted molar refractivity (Wildman–Crippen MR) is 63.5 cm³/mol. The molecule has 0 heterocycles. The maximum absolute atomic E-state index is 5.56. The molecule has 0 atom stereocenters. The molecule has 0 fully saturated rings. The smallest absolute Gasteiger partial charge is 0.119 e. The molecule has 0 aliphatic heterocycles. The highest BCUT2D eigenvalue weighted by Crippen LogP contribution is 2.16. The molecule has 0 spiro atoms. The van der Waals surface area contributed by atoms with Crippen molar-refractivity contribution in [1.82, 2.24) is 0 Å². The first-order valence-electron chi connectivity index (χ1n) is 5.03. The minimum Gasteiger partial charge on any atom is -0.494 e. The number of hydrogen-bond donors (Lipinski definition) is 0. The summed E-state index contributed by atoms with van der Waals surface area (Å²) in [5, 5.41) is 0. The Morgan fingerprint density at radius 1 is 1.21 bits per heavy atom. The van der Waals surface area contributed by atoms with Crippen molar-refractivity contribution in [1.29, 1.82) is 0 Å². The molecule has 0 aliphatic carbocycles. The van der Waals surface area contributed by atoms with Crippen LogP contribution in [-0.2, 0) is 0 Å². The lowest BCUT2D eigenvalue weighted by Gasteiger charge is -2.05. The molecule has 1 nitrogen and oxygen atoms in total. The van der Waals surface area contributed by atoms with E-state index in [0.29, 0.717) is 0 Å². The van der Waals surface area contributed by atoms with Crippen LogP contribution in [0.25, 0.3) is 0 Å². The first kappa shape index (κ1) is 11.6. The molecule has 0 aromatic heterocycles. The second-order valence-electron chi connectivity index (χ2n) is 3.17. The summed E-state index contributed by atoms with van der Waals surface area (Å²) in [6.07, 6.45) is 5.71. The Balaban J connectivity index is 2.15. The van der Waals surface area contributed by atoms with Gasteiger partial charge >= 0.3 is 0 Å². The summed E-state index contributed by atoms with van der Waals surface area (Å²) in [6.45, 7) is 2.97. The van der Waals surface area contributed by atoms with E-state index < -0.39 is 0 Å². The van der Waals surface area contributed by atoms with Crippen LogP contribution in [0, 0.1) is 6.42 Å². The molecule has 77 valence electrons. The van der Waals surface area contributed by atoms with E-state index in [9.17, 15) is 0 Å². The Bertz CT molecular complexity index is 243. The molecule has 1 aromatic carbocycles. The number of ether oxygens (including phenoxy) is 1. The van der Waals surface area contributed by atoms with Gasteiger partial charge in [0.25, 0.3) is 0 Å². The van der Waals surface area contributed by atoms with Crippen molar-refractivity contribution in [3.63, 3.8) is 0 Å². The van der Waals surface area contributed by atoms with Crippen molar-refractivity contribution in [3.8, 4) is 5.75 Å². The fourth-order valence-electron chi connectivity index (χ4n) is 1.14. The van der Waals surface area contributed by atoms with Gasteiger partial charge in [0, 0.05) is 4.47 Å². The molecular formula is C12H16BrO. The third-order valence-corrected chi connectivity index (χ3v) is 2.43. The van der Waals surface area contributed by atoms with Crippen LogP contribution in [0.3, 0.4) is 0 Å². The van der Waals surface area contributed by atoms with Gasteiger partial charge in [-0.15, -0.1) is 0 Å². The van der Waals surface area contributed by atoms with Gasteiger partial charge < -0.3 is 4.74 Å². The zero-order valence-electron chi connectivity index (χ0n) is 8.50. The minimum absolute atomic E-state index is 0.779. The van der Waals surface area contributed by atoms with Crippen LogP contribution in [0.15, 0.2) is 28.7 Å². The summed E-state index contributed by atoms with van der Waals surface area (Å²) in [5.74, 6) is 0.943. The second kappa shape index (κ2) is 6.88. The van der Waals surface area contributed by atoms with Gasteiger partial charge in [0.1, 0.15) is 5.75 Å². The van der Waals surface area contributed by atoms with E-state index in [-0.39, 0.29) is 0 Å². The number of unbranched alkanes of at least 4 members (excludes halogenated alkanes) is 3. The summed E-state index contributed by atoms with van der Waals surface area (Å²) < 4.78 is 6.64. The highest BCUT2D eigenvalue weighted by Gasteiger charge is 1.93. The van der Waals surface area contributed by atoms with Crippen molar-refractivity contribution < 1.29 is 4.74 Å². The van der Waals surface area contributed by atoms with Crippen molar-refractivity contribution >= 4 is 15.9 Å². The van der Waals surface area contributed by atoms with Crippen LogP contribution >= 0.6 is 15.9 Å². The molecule has 1 rings (SSSR count). The van der Waals surface area contributed by atoms with Crippen LogP contribution in [0.5, 0.6) is 5.75 Å². The normalized spacial score (nSPS) is 10.1. The van der Waals surface area contributed by atoms with E-state index in [2.05, 4.69) is 29.3 Å². The largest absolute Gasteiger partial charge is 0.494 e. The lowest BCUT2D eigenvalue weighted by molar-refractivity contribution is 0.319. The first-order valence-corrected chi connectivity index (χ1v) is 5.82. The summed E-state index contributed by atoms with van der Waals surface area (Å²) in [4.78, 5) is 0. The maximum atomic E-state index is 5.56. The van der Waals surface area contributed by atoms with Gasteiger partial charge in [-0.3, -0.25) is 0 Å². The van der Waals surface area contributed by atoms with E-state index in [1.54, 1.807) is 0 Å². The lowest BCUT2D eigenvalue weighted by Crippen LogP contribution is -1.97. The zero-order chi connectivity index (χ0) is 10.2. The molecule has 0 unspecified atom stereocenters. The fourth-order valence-corrected chi connectivity index (χ4v) is 1.40. The summed E-state index contributed by atoms with van der Waals surface area (Å²) in [7, 11) is 0. The monoisotopic (exact) mass is 255 g/mol. The summed E-state index contributed by atoms with van der Waals surface area (Å²) in [5.41, 5.74) is 0. The SMILES string of the molecule is CCC[CH]CCOc1ccc(Br)cc1.